The van der Waals surface area contributed by atoms with Crippen LogP contribution in [-0.2, 0) is 26.2 Å². The fourth-order valence-electron chi connectivity index (χ4n) is 3.88. The molecule has 2 amide bonds. The lowest BCUT2D eigenvalue weighted by molar-refractivity contribution is -0.139. The van der Waals surface area contributed by atoms with E-state index in [4.69, 9.17) is 16.3 Å². The van der Waals surface area contributed by atoms with Crippen LogP contribution in [0.3, 0.4) is 0 Å². The summed E-state index contributed by atoms with van der Waals surface area (Å²) in [5.74, 6) is -1.55. The number of rotatable bonds is 12. The van der Waals surface area contributed by atoms with Crippen molar-refractivity contribution in [1.29, 1.82) is 0 Å². The van der Waals surface area contributed by atoms with Crippen LogP contribution in [0.25, 0.3) is 0 Å². The summed E-state index contributed by atoms with van der Waals surface area (Å²) in [5, 5.41) is 2.96. The third-order valence-corrected chi connectivity index (χ3v) is 8.04. The lowest BCUT2D eigenvalue weighted by atomic mass is 10.1. The minimum absolute atomic E-state index is 0.0381. The number of sulfonamides is 1. The van der Waals surface area contributed by atoms with Gasteiger partial charge in [0.15, 0.2) is 0 Å². The van der Waals surface area contributed by atoms with Gasteiger partial charge in [0, 0.05) is 23.7 Å². The fraction of sp³-hybridized carbons (Fsp3) is 0.286. The van der Waals surface area contributed by atoms with Crippen LogP contribution in [0.4, 0.5) is 10.1 Å². The molecule has 8 nitrogen and oxygen atoms in total. The van der Waals surface area contributed by atoms with E-state index in [1.807, 2.05) is 6.92 Å². The number of carbonyl (C=O) groups excluding carboxylic acids is 2. The van der Waals surface area contributed by atoms with Gasteiger partial charge in [0.1, 0.15) is 24.2 Å². The van der Waals surface area contributed by atoms with E-state index in [1.54, 1.807) is 24.3 Å². The van der Waals surface area contributed by atoms with Crippen molar-refractivity contribution in [3.63, 3.8) is 0 Å². The maximum absolute atomic E-state index is 14.6. The van der Waals surface area contributed by atoms with Crippen LogP contribution < -0.4 is 14.4 Å². The Morgan fingerprint density at radius 2 is 1.72 bits per heavy atom. The molecule has 11 heteroatoms. The quantitative estimate of drug-likeness (QED) is 0.340. The third-order valence-electron chi connectivity index (χ3n) is 6.03. The van der Waals surface area contributed by atoms with E-state index in [0.717, 1.165) is 9.21 Å². The van der Waals surface area contributed by atoms with Gasteiger partial charge < -0.3 is 15.0 Å². The number of benzene rings is 3. The standard InChI is InChI=1S/C28H31ClFN3O5S/c1-4-16-31-28(35)20(2)32(18-21-10-8-9-13-24(21)30)27(34)19-33(25-17-22(29)14-15-26(25)38-3)39(36,37)23-11-6-5-7-12-23/h5-15,17,20H,4,16,18-19H2,1-3H3,(H,31,35). The molecule has 0 aliphatic heterocycles. The zero-order valence-corrected chi connectivity index (χ0v) is 23.5. The molecule has 3 rings (SSSR count). The van der Waals surface area contributed by atoms with Crippen LogP contribution in [0.2, 0.25) is 5.02 Å². The van der Waals surface area contributed by atoms with Crippen LogP contribution >= 0.6 is 11.6 Å². The Morgan fingerprint density at radius 3 is 2.36 bits per heavy atom. The van der Waals surface area contributed by atoms with E-state index in [0.29, 0.717) is 13.0 Å². The predicted molar refractivity (Wildman–Crippen MR) is 149 cm³/mol. The zero-order chi connectivity index (χ0) is 28.6. The number of halogens is 2. The summed E-state index contributed by atoms with van der Waals surface area (Å²) in [6.45, 7) is 2.84. The van der Waals surface area contributed by atoms with Crippen molar-refractivity contribution in [3.8, 4) is 5.75 Å². The van der Waals surface area contributed by atoms with E-state index in [1.165, 1.54) is 62.6 Å². The van der Waals surface area contributed by atoms with Crippen molar-refractivity contribution in [1.82, 2.24) is 10.2 Å². The molecule has 1 atom stereocenters. The van der Waals surface area contributed by atoms with Gasteiger partial charge in [0.2, 0.25) is 11.8 Å². The summed E-state index contributed by atoms with van der Waals surface area (Å²) in [6.07, 6.45) is 0.678. The Balaban J connectivity index is 2.09. The smallest absolute Gasteiger partial charge is 0.264 e. The normalized spacial score (nSPS) is 11.9. The van der Waals surface area contributed by atoms with E-state index < -0.39 is 40.2 Å². The molecule has 0 aliphatic carbocycles. The Bertz CT molecular complexity index is 1410. The second-order valence-corrected chi connectivity index (χ2v) is 11.0. The number of anilines is 1. The molecular formula is C28H31ClFN3O5S. The molecule has 208 valence electrons. The van der Waals surface area contributed by atoms with Gasteiger partial charge in [-0.05, 0) is 49.7 Å². The molecule has 0 radical (unpaired) electrons. The van der Waals surface area contributed by atoms with Crippen molar-refractivity contribution in [2.24, 2.45) is 0 Å². The highest BCUT2D eigenvalue weighted by atomic mass is 35.5. The van der Waals surface area contributed by atoms with Gasteiger partial charge in [-0.25, -0.2) is 12.8 Å². The summed E-state index contributed by atoms with van der Waals surface area (Å²) in [6, 6.07) is 16.9. The van der Waals surface area contributed by atoms with E-state index in [9.17, 15) is 22.4 Å². The second-order valence-electron chi connectivity index (χ2n) is 8.72. The maximum atomic E-state index is 14.6. The molecule has 0 fully saturated rings. The number of nitrogens with one attached hydrogen (secondary N) is 1. The predicted octanol–water partition coefficient (Wildman–Crippen LogP) is 4.63. The molecule has 0 spiro atoms. The van der Waals surface area contributed by atoms with Crippen molar-refractivity contribution in [2.75, 3.05) is 24.5 Å². The third kappa shape index (κ3) is 7.27. The highest BCUT2D eigenvalue weighted by Crippen LogP contribution is 2.35. The van der Waals surface area contributed by atoms with Crippen molar-refractivity contribution in [2.45, 2.75) is 37.8 Å². The number of amides is 2. The molecular weight excluding hydrogens is 545 g/mol. The van der Waals surface area contributed by atoms with Crippen LogP contribution in [0.15, 0.2) is 77.7 Å². The number of methoxy groups -OCH3 is 1. The fourth-order valence-corrected chi connectivity index (χ4v) is 5.48. The molecule has 3 aromatic rings. The second kappa shape index (κ2) is 13.4. The monoisotopic (exact) mass is 575 g/mol. The largest absolute Gasteiger partial charge is 0.495 e. The average molecular weight is 576 g/mol. The Labute approximate surface area is 233 Å². The van der Waals surface area contributed by atoms with E-state index >= 15 is 0 Å². The molecule has 0 saturated carbocycles. The van der Waals surface area contributed by atoms with Gasteiger partial charge >= 0.3 is 0 Å². The number of carbonyl (C=O) groups is 2. The van der Waals surface area contributed by atoms with Gasteiger partial charge in [-0.15, -0.1) is 0 Å². The van der Waals surface area contributed by atoms with Gasteiger partial charge in [-0.1, -0.05) is 54.9 Å². The van der Waals surface area contributed by atoms with E-state index in [-0.39, 0.29) is 33.5 Å². The van der Waals surface area contributed by atoms with Gasteiger partial charge in [0.05, 0.1) is 17.7 Å². The molecule has 0 heterocycles. The Kier molecular flexibility index (Phi) is 10.3. The number of nitrogens with zero attached hydrogens (tertiary/aromatic N) is 2. The van der Waals surface area contributed by atoms with Crippen LogP contribution in [-0.4, -0.2) is 51.4 Å². The summed E-state index contributed by atoms with van der Waals surface area (Å²) >= 11 is 6.21. The lowest BCUT2D eigenvalue weighted by Crippen LogP contribution is -2.51. The molecule has 0 saturated heterocycles. The van der Waals surface area contributed by atoms with E-state index in [2.05, 4.69) is 5.32 Å². The maximum Gasteiger partial charge on any atom is 0.264 e. The first kappa shape index (κ1) is 29.9. The lowest BCUT2D eigenvalue weighted by Gasteiger charge is -2.32. The first-order chi connectivity index (χ1) is 18.6. The van der Waals surface area contributed by atoms with Crippen LogP contribution in [0.1, 0.15) is 25.8 Å². The van der Waals surface area contributed by atoms with Gasteiger partial charge in [0.25, 0.3) is 10.0 Å². The minimum atomic E-state index is -4.30. The first-order valence-electron chi connectivity index (χ1n) is 12.3. The van der Waals surface area contributed by atoms with Crippen LogP contribution in [0.5, 0.6) is 5.75 Å². The topological polar surface area (TPSA) is 96.0 Å². The van der Waals surface area contributed by atoms with Gasteiger partial charge in [-0.2, -0.15) is 0 Å². The molecule has 39 heavy (non-hydrogen) atoms. The van der Waals surface area contributed by atoms with Gasteiger partial charge in [-0.3, -0.25) is 13.9 Å². The van der Waals surface area contributed by atoms with Crippen molar-refractivity contribution in [3.05, 3.63) is 89.2 Å². The molecule has 1 unspecified atom stereocenters. The summed E-state index contributed by atoms with van der Waals surface area (Å²) in [4.78, 5) is 27.8. The molecule has 0 bridgehead atoms. The molecule has 0 aliphatic rings. The highest BCUT2D eigenvalue weighted by molar-refractivity contribution is 7.92. The highest BCUT2D eigenvalue weighted by Gasteiger charge is 2.34. The number of hydrogen-bond donors (Lipinski definition) is 1. The molecule has 1 N–H and O–H groups in total. The zero-order valence-electron chi connectivity index (χ0n) is 21.9. The summed E-state index contributed by atoms with van der Waals surface area (Å²) in [5.41, 5.74) is 0.218. The number of ether oxygens (including phenoxy) is 1. The van der Waals surface area contributed by atoms with Crippen molar-refractivity contribution < 1.29 is 27.1 Å². The number of hydrogen-bond acceptors (Lipinski definition) is 5. The SMILES string of the molecule is CCCNC(=O)C(C)N(Cc1ccccc1F)C(=O)CN(c1cc(Cl)ccc1OC)S(=O)(=O)c1ccccc1. The average Bonchev–Trinajstić information content (AvgIpc) is 2.94. The Hall–Kier alpha value is -3.63. The molecule has 0 aromatic heterocycles. The minimum Gasteiger partial charge on any atom is -0.495 e. The first-order valence-corrected chi connectivity index (χ1v) is 14.1. The Morgan fingerprint density at radius 1 is 1.05 bits per heavy atom. The summed E-state index contributed by atoms with van der Waals surface area (Å²) < 4.78 is 48.6. The summed E-state index contributed by atoms with van der Waals surface area (Å²) in [7, 11) is -2.93. The van der Waals surface area contributed by atoms with Crippen LogP contribution in [0, 0.1) is 5.82 Å². The van der Waals surface area contributed by atoms with Crippen molar-refractivity contribution >= 4 is 39.1 Å². The molecule has 3 aromatic carbocycles.